The lowest BCUT2D eigenvalue weighted by atomic mass is 10.1. The summed E-state index contributed by atoms with van der Waals surface area (Å²) in [5.74, 6) is 0.704. The molecule has 0 aliphatic carbocycles. The van der Waals surface area contributed by atoms with Gasteiger partial charge in [0.15, 0.2) is 0 Å². The average Bonchev–Trinajstić information content (AvgIpc) is 3.01. The van der Waals surface area contributed by atoms with Crippen molar-refractivity contribution in [3.05, 3.63) is 63.2 Å². The number of anilines is 1. The van der Waals surface area contributed by atoms with Crippen molar-refractivity contribution in [2.24, 2.45) is 0 Å². The predicted octanol–water partition coefficient (Wildman–Crippen LogP) is 3.57. The molecule has 1 amide bonds. The molecule has 0 unspecified atom stereocenters. The van der Waals surface area contributed by atoms with Crippen molar-refractivity contribution in [2.45, 2.75) is 26.7 Å². The minimum absolute atomic E-state index is 0.00471. The van der Waals surface area contributed by atoms with E-state index >= 15 is 0 Å². The summed E-state index contributed by atoms with van der Waals surface area (Å²) in [6.07, 6.45) is 0.951. The molecule has 1 aliphatic rings. The number of amides is 1. The van der Waals surface area contributed by atoms with Crippen molar-refractivity contribution in [1.29, 1.82) is 0 Å². The fourth-order valence-corrected chi connectivity index (χ4v) is 3.00. The van der Waals surface area contributed by atoms with Gasteiger partial charge in [0.05, 0.1) is 23.6 Å². The number of carbonyl (C=O) groups excluding carboxylic acids is 1. The number of benzene rings is 2. The smallest absolute Gasteiger partial charge is 0.271 e. The van der Waals surface area contributed by atoms with E-state index in [4.69, 9.17) is 4.74 Å². The van der Waals surface area contributed by atoms with E-state index in [0.717, 1.165) is 28.9 Å². The first kappa shape index (κ1) is 17.0. The van der Waals surface area contributed by atoms with Gasteiger partial charge in [0, 0.05) is 18.7 Å². The number of ether oxygens (including phenoxy) is 1. The summed E-state index contributed by atoms with van der Waals surface area (Å²) in [5, 5.41) is 10.9. The second-order valence-electron chi connectivity index (χ2n) is 6.16. The Bertz CT molecular complexity index is 832. The van der Waals surface area contributed by atoms with Crippen LogP contribution in [0.2, 0.25) is 0 Å². The maximum atomic E-state index is 12.5. The van der Waals surface area contributed by atoms with Crippen LogP contribution in [0.4, 0.5) is 11.4 Å². The molecule has 6 nitrogen and oxygen atoms in total. The molecule has 0 spiro atoms. The normalized spacial score (nSPS) is 12.8. The van der Waals surface area contributed by atoms with E-state index in [9.17, 15) is 14.9 Å². The Kier molecular flexibility index (Phi) is 4.70. The molecule has 1 aliphatic heterocycles. The van der Waals surface area contributed by atoms with Crippen LogP contribution in [0.5, 0.6) is 5.75 Å². The quantitative estimate of drug-likeness (QED) is 0.616. The fourth-order valence-electron chi connectivity index (χ4n) is 3.00. The molecule has 0 saturated carbocycles. The molecule has 0 bridgehead atoms. The van der Waals surface area contributed by atoms with Gasteiger partial charge in [-0.15, -0.1) is 0 Å². The maximum absolute atomic E-state index is 12.5. The van der Waals surface area contributed by atoms with Crippen molar-refractivity contribution in [1.82, 2.24) is 0 Å². The number of aryl methyl sites for hydroxylation is 1. The molecule has 25 heavy (non-hydrogen) atoms. The second kappa shape index (κ2) is 6.93. The minimum Gasteiger partial charge on any atom is -0.493 e. The Morgan fingerprint density at radius 3 is 2.84 bits per heavy atom. The molecule has 0 fully saturated rings. The van der Waals surface area contributed by atoms with Crippen LogP contribution in [0.3, 0.4) is 0 Å². The zero-order valence-corrected chi connectivity index (χ0v) is 14.3. The van der Waals surface area contributed by atoms with Gasteiger partial charge in [-0.25, -0.2) is 0 Å². The van der Waals surface area contributed by atoms with E-state index in [1.807, 2.05) is 32.0 Å². The number of fused-ring (bicyclic) bond motifs is 1. The van der Waals surface area contributed by atoms with Crippen LogP contribution in [0, 0.1) is 24.0 Å². The molecular weight excluding hydrogens is 320 g/mol. The standard InChI is InChI=1S/C19H20N2O4/c1-13-4-3-5-18(14(13)2)25-11-9-19(22)20-10-8-15-6-7-16(21(23)24)12-17(15)20/h3-7,12H,8-11H2,1-2H3. The topological polar surface area (TPSA) is 72.7 Å². The molecule has 2 aromatic carbocycles. The lowest BCUT2D eigenvalue weighted by molar-refractivity contribution is -0.384. The fraction of sp³-hybridized carbons (Fsp3) is 0.316. The van der Waals surface area contributed by atoms with Gasteiger partial charge in [-0.1, -0.05) is 18.2 Å². The van der Waals surface area contributed by atoms with Gasteiger partial charge in [0.2, 0.25) is 5.91 Å². The average molecular weight is 340 g/mol. The number of rotatable bonds is 5. The Morgan fingerprint density at radius 2 is 2.08 bits per heavy atom. The Balaban J connectivity index is 1.65. The van der Waals surface area contributed by atoms with E-state index in [2.05, 4.69) is 0 Å². The molecule has 130 valence electrons. The minimum atomic E-state index is -0.440. The lowest BCUT2D eigenvalue weighted by Gasteiger charge is -2.18. The number of carbonyl (C=O) groups is 1. The molecule has 0 atom stereocenters. The van der Waals surface area contributed by atoms with Gasteiger partial charge in [-0.3, -0.25) is 14.9 Å². The predicted molar refractivity (Wildman–Crippen MR) is 95.2 cm³/mol. The summed E-state index contributed by atoms with van der Waals surface area (Å²) in [5.41, 5.74) is 3.83. The monoisotopic (exact) mass is 340 g/mol. The molecule has 0 radical (unpaired) electrons. The van der Waals surface area contributed by atoms with E-state index < -0.39 is 4.92 Å². The van der Waals surface area contributed by atoms with Crippen molar-refractivity contribution >= 4 is 17.3 Å². The zero-order valence-electron chi connectivity index (χ0n) is 14.3. The number of non-ortho nitro benzene ring substituents is 1. The molecule has 0 saturated heterocycles. The van der Waals surface area contributed by atoms with Crippen LogP contribution in [0.15, 0.2) is 36.4 Å². The van der Waals surface area contributed by atoms with Crippen molar-refractivity contribution in [3.63, 3.8) is 0 Å². The number of nitro benzene ring substituents is 1. The van der Waals surface area contributed by atoms with Gasteiger partial charge in [-0.05, 0) is 43.0 Å². The van der Waals surface area contributed by atoms with Gasteiger partial charge < -0.3 is 9.64 Å². The number of hydrogen-bond acceptors (Lipinski definition) is 4. The van der Waals surface area contributed by atoms with Gasteiger partial charge in [-0.2, -0.15) is 0 Å². The van der Waals surface area contributed by atoms with Crippen LogP contribution in [0.25, 0.3) is 0 Å². The van der Waals surface area contributed by atoms with Crippen LogP contribution in [0.1, 0.15) is 23.1 Å². The molecule has 3 rings (SSSR count). The Hall–Kier alpha value is -2.89. The van der Waals surface area contributed by atoms with Gasteiger partial charge in [0.1, 0.15) is 5.75 Å². The third kappa shape index (κ3) is 3.47. The van der Waals surface area contributed by atoms with Crippen LogP contribution < -0.4 is 9.64 Å². The lowest BCUT2D eigenvalue weighted by Crippen LogP contribution is -2.30. The van der Waals surface area contributed by atoms with Crippen LogP contribution >= 0.6 is 0 Å². The highest BCUT2D eigenvalue weighted by atomic mass is 16.6. The third-order valence-corrected chi connectivity index (χ3v) is 4.60. The third-order valence-electron chi connectivity index (χ3n) is 4.60. The maximum Gasteiger partial charge on any atom is 0.271 e. The summed E-state index contributed by atoms with van der Waals surface area (Å²) < 4.78 is 5.74. The van der Waals surface area contributed by atoms with E-state index in [-0.39, 0.29) is 24.6 Å². The summed E-state index contributed by atoms with van der Waals surface area (Å²) in [4.78, 5) is 24.6. The van der Waals surface area contributed by atoms with E-state index in [0.29, 0.717) is 12.2 Å². The highest BCUT2D eigenvalue weighted by molar-refractivity contribution is 5.95. The van der Waals surface area contributed by atoms with E-state index in [1.165, 1.54) is 12.1 Å². The molecular formula is C19H20N2O4. The second-order valence-corrected chi connectivity index (χ2v) is 6.16. The summed E-state index contributed by atoms with van der Waals surface area (Å²) >= 11 is 0. The van der Waals surface area contributed by atoms with Gasteiger partial charge in [0.25, 0.3) is 5.69 Å². The summed E-state index contributed by atoms with van der Waals surface area (Å²) in [6, 6.07) is 10.5. The van der Waals surface area contributed by atoms with Crippen molar-refractivity contribution in [2.75, 3.05) is 18.1 Å². The first-order chi connectivity index (χ1) is 12.0. The molecule has 1 heterocycles. The first-order valence-corrected chi connectivity index (χ1v) is 8.24. The zero-order chi connectivity index (χ0) is 18.0. The van der Waals surface area contributed by atoms with Crippen molar-refractivity contribution in [3.8, 4) is 5.75 Å². The Morgan fingerprint density at radius 1 is 1.28 bits per heavy atom. The number of hydrogen-bond donors (Lipinski definition) is 0. The molecule has 2 aromatic rings. The number of nitrogens with zero attached hydrogens (tertiary/aromatic N) is 2. The summed E-state index contributed by atoms with van der Waals surface area (Å²) in [6.45, 7) is 4.84. The highest BCUT2D eigenvalue weighted by Gasteiger charge is 2.26. The number of nitro groups is 1. The van der Waals surface area contributed by atoms with Crippen LogP contribution in [-0.4, -0.2) is 24.0 Å². The molecule has 6 heteroatoms. The van der Waals surface area contributed by atoms with Crippen LogP contribution in [-0.2, 0) is 11.2 Å². The van der Waals surface area contributed by atoms with E-state index in [1.54, 1.807) is 11.0 Å². The Labute approximate surface area is 146 Å². The van der Waals surface area contributed by atoms with Gasteiger partial charge >= 0.3 is 0 Å². The largest absolute Gasteiger partial charge is 0.493 e. The highest BCUT2D eigenvalue weighted by Crippen LogP contribution is 2.32. The first-order valence-electron chi connectivity index (χ1n) is 8.24. The SMILES string of the molecule is Cc1cccc(OCCC(=O)N2CCc3ccc([N+](=O)[O-])cc32)c1C. The summed E-state index contributed by atoms with van der Waals surface area (Å²) in [7, 11) is 0. The van der Waals surface area contributed by atoms with Crippen molar-refractivity contribution < 1.29 is 14.5 Å². The molecule has 0 N–H and O–H groups in total. The molecule has 0 aromatic heterocycles.